The Morgan fingerprint density at radius 3 is 2.67 bits per heavy atom. The molecule has 4 heterocycles. The topological polar surface area (TPSA) is 112 Å². The Labute approximate surface area is 219 Å². The van der Waals surface area contributed by atoms with Crippen LogP contribution in [0.25, 0.3) is 16.9 Å². The molecule has 6 rings (SSSR count). The van der Waals surface area contributed by atoms with Crippen molar-refractivity contribution in [3.8, 4) is 16.9 Å². The number of hydrogen-bond acceptors (Lipinski definition) is 7. The number of piperidine rings is 1. The third-order valence-corrected chi connectivity index (χ3v) is 8.45. The third-order valence-electron chi connectivity index (χ3n) is 7.68. The molecule has 36 heavy (non-hydrogen) atoms. The zero-order valence-electron chi connectivity index (χ0n) is 19.6. The average molecular weight is 521 g/mol. The maximum absolute atomic E-state index is 6.90. The van der Waals surface area contributed by atoms with E-state index in [2.05, 4.69) is 38.1 Å². The van der Waals surface area contributed by atoms with Gasteiger partial charge in [0.05, 0.1) is 28.9 Å². The smallest absolute Gasteiger partial charge is 0.148 e. The zero-order chi connectivity index (χ0) is 24.9. The van der Waals surface area contributed by atoms with Crippen LogP contribution >= 0.6 is 23.2 Å². The highest BCUT2D eigenvalue weighted by Gasteiger charge is 2.46. The predicted molar refractivity (Wildman–Crippen MR) is 141 cm³/mol. The second-order valence-corrected chi connectivity index (χ2v) is 10.3. The lowest BCUT2D eigenvalue weighted by molar-refractivity contribution is 0.187. The summed E-state index contributed by atoms with van der Waals surface area (Å²) in [4.78, 5) is 20.0. The summed E-state index contributed by atoms with van der Waals surface area (Å²) in [6.45, 7) is 1.95. The molecule has 0 unspecified atom stereocenters. The third kappa shape index (κ3) is 3.85. The van der Waals surface area contributed by atoms with E-state index in [0.717, 1.165) is 43.9 Å². The maximum atomic E-state index is 6.90. The number of halogens is 2. The van der Waals surface area contributed by atoms with E-state index in [0.29, 0.717) is 22.0 Å². The molecule has 1 spiro atoms. The lowest BCUT2D eigenvalue weighted by Gasteiger charge is -2.42. The number of nitrogens with zero attached hydrogens (tertiary/aromatic N) is 6. The van der Waals surface area contributed by atoms with Crippen LogP contribution in [0.2, 0.25) is 10.2 Å². The molecule has 1 atom stereocenters. The lowest BCUT2D eigenvalue weighted by Crippen LogP contribution is -2.44. The van der Waals surface area contributed by atoms with Gasteiger partial charge in [-0.05, 0) is 54.0 Å². The van der Waals surface area contributed by atoms with Crippen molar-refractivity contribution in [2.75, 3.05) is 18.0 Å². The van der Waals surface area contributed by atoms with Crippen LogP contribution in [0.5, 0.6) is 0 Å². The first-order valence-corrected chi connectivity index (χ1v) is 12.7. The Morgan fingerprint density at radius 2 is 1.92 bits per heavy atom. The van der Waals surface area contributed by atoms with Crippen LogP contribution in [-0.4, -0.2) is 37.6 Å². The van der Waals surface area contributed by atoms with E-state index >= 15 is 0 Å². The van der Waals surface area contributed by atoms with Gasteiger partial charge in [0, 0.05) is 55.5 Å². The van der Waals surface area contributed by atoms with E-state index < -0.39 is 0 Å². The minimum absolute atomic E-state index is 0.00441. The first kappa shape index (κ1) is 23.4. The molecule has 0 saturated carbocycles. The summed E-state index contributed by atoms with van der Waals surface area (Å²) < 4.78 is 2.02. The molecule has 8 nitrogen and oxygen atoms in total. The SMILES string of the molecule is NCc1nc(N2CCC3(CC2)Cc2ccc(-n4ccnc4)cc2[C@H]3N)cnc1-c1ccnc(Cl)c1Cl. The van der Waals surface area contributed by atoms with Gasteiger partial charge >= 0.3 is 0 Å². The second kappa shape index (κ2) is 9.12. The molecule has 1 saturated heterocycles. The number of pyridine rings is 1. The number of hydrogen-bond donors (Lipinski definition) is 2. The van der Waals surface area contributed by atoms with Crippen molar-refractivity contribution < 1.29 is 0 Å². The number of benzene rings is 1. The van der Waals surface area contributed by atoms with Crippen molar-refractivity contribution >= 4 is 29.0 Å². The summed E-state index contributed by atoms with van der Waals surface area (Å²) in [7, 11) is 0. The van der Waals surface area contributed by atoms with Gasteiger partial charge in [0.15, 0.2) is 0 Å². The number of anilines is 1. The van der Waals surface area contributed by atoms with Crippen LogP contribution in [-0.2, 0) is 13.0 Å². The number of aromatic nitrogens is 5. The van der Waals surface area contributed by atoms with Gasteiger partial charge in [-0.25, -0.2) is 15.0 Å². The van der Waals surface area contributed by atoms with Gasteiger partial charge in [-0.3, -0.25) is 4.98 Å². The molecular weight excluding hydrogens is 495 g/mol. The highest BCUT2D eigenvalue weighted by molar-refractivity contribution is 6.42. The van der Waals surface area contributed by atoms with E-state index in [1.807, 2.05) is 17.1 Å². The van der Waals surface area contributed by atoms with Gasteiger partial charge in [-0.1, -0.05) is 29.3 Å². The van der Waals surface area contributed by atoms with Gasteiger partial charge < -0.3 is 20.9 Å². The molecule has 1 aliphatic heterocycles. The number of rotatable bonds is 4. The number of fused-ring (bicyclic) bond motifs is 1. The summed E-state index contributed by atoms with van der Waals surface area (Å²) >= 11 is 12.5. The fraction of sp³-hybridized carbons (Fsp3) is 0.308. The molecule has 0 radical (unpaired) electrons. The lowest BCUT2D eigenvalue weighted by atomic mass is 9.73. The Bertz CT molecular complexity index is 1410. The first-order valence-electron chi connectivity index (χ1n) is 12.0. The summed E-state index contributed by atoms with van der Waals surface area (Å²) in [5.41, 5.74) is 18.7. The standard InChI is InChI=1S/C26H26Cl2N8/c27-22-18(3-6-32-25(22)28)23-20(13-29)34-21(14-33-23)35-8-4-26(5-9-35)12-16-1-2-17(11-19(16)24(26)30)36-10-7-31-15-36/h1-3,6-7,10-11,14-15,24H,4-5,8-9,12-13,29-30H2/t24-/m1/s1. The Kier molecular flexibility index (Phi) is 5.92. The van der Waals surface area contributed by atoms with Gasteiger partial charge in [0.25, 0.3) is 0 Å². The minimum Gasteiger partial charge on any atom is -0.355 e. The number of nitrogens with two attached hydrogens (primary N) is 2. The van der Waals surface area contributed by atoms with Crippen LogP contribution < -0.4 is 16.4 Å². The quantitative estimate of drug-likeness (QED) is 0.385. The van der Waals surface area contributed by atoms with E-state index in [9.17, 15) is 0 Å². The van der Waals surface area contributed by atoms with Crippen molar-refractivity contribution in [1.82, 2.24) is 24.5 Å². The van der Waals surface area contributed by atoms with Gasteiger partial charge in [0.2, 0.25) is 0 Å². The van der Waals surface area contributed by atoms with Gasteiger partial charge in [0.1, 0.15) is 11.0 Å². The summed E-state index contributed by atoms with van der Waals surface area (Å²) in [6.07, 6.45) is 11.9. The van der Waals surface area contributed by atoms with Crippen molar-refractivity contribution in [1.29, 1.82) is 0 Å². The molecule has 1 fully saturated rings. The molecule has 4 aromatic rings. The molecule has 3 aromatic heterocycles. The summed E-state index contributed by atoms with van der Waals surface area (Å²) in [5.74, 6) is 0.816. The van der Waals surface area contributed by atoms with Crippen molar-refractivity contribution in [3.05, 3.63) is 82.4 Å². The molecule has 1 aromatic carbocycles. The Balaban J connectivity index is 1.21. The van der Waals surface area contributed by atoms with Crippen LogP contribution in [0.15, 0.2) is 55.4 Å². The monoisotopic (exact) mass is 520 g/mol. The molecule has 0 bridgehead atoms. The highest BCUT2D eigenvalue weighted by atomic mass is 35.5. The van der Waals surface area contributed by atoms with Crippen molar-refractivity contribution in [2.45, 2.75) is 31.8 Å². The van der Waals surface area contributed by atoms with Gasteiger partial charge in [-0.15, -0.1) is 0 Å². The summed E-state index contributed by atoms with van der Waals surface area (Å²) in [6, 6.07) is 8.37. The maximum Gasteiger partial charge on any atom is 0.148 e. The zero-order valence-corrected chi connectivity index (χ0v) is 21.1. The molecule has 0 amide bonds. The van der Waals surface area contributed by atoms with E-state index in [4.69, 9.17) is 39.7 Å². The number of imidazole rings is 1. The van der Waals surface area contributed by atoms with E-state index in [1.165, 1.54) is 11.1 Å². The summed E-state index contributed by atoms with van der Waals surface area (Å²) in [5, 5.41) is 0.581. The Hall–Kier alpha value is -3.04. The molecular formula is C26H26Cl2N8. The second-order valence-electron chi connectivity index (χ2n) is 9.55. The van der Waals surface area contributed by atoms with E-state index in [-0.39, 0.29) is 23.2 Å². The normalized spacial score (nSPS) is 18.6. The van der Waals surface area contributed by atoms with Crippen LogP contribution in [0.3, 0.4) is 0 Å². The molecule has 10 heteroatoms. The molecule has 184 valence electrons. The fourth-order valence-corrected chi connectivity index (χ4v) is 5.99. The fourth-order valence-electron chi connectivity index (χ4n) is 5.63. The van der Waals surface area contributed by atoms with Crippen LogP contribution in [0.4, 0.5) is 5.82 Å². The minimum atomic E-state index is 0.00441. The highest BCUT2D eigenvalue weighted by Crippen LogP contribution is 2.51. The molecule has 4 N–H and O–H groups in total. The average Bonchev–Trinajstić information content (AvgIpc) is 3.53. The van der Waals surface area contributed by atoms with E-state index in [1.54, 1.807) is 24.7 Å². The largest absolute Gasteiger partial charge is 0.355 e. The predicted octanol–water partition coefficient (Wildman–Crippen LogP) is 4.33. The first-order chi connectivity index (χ1) is 17.5. The molecule has 2 aliphatic rings. The molecule has 1 aliphatic carbocycles. The van der Waals surface area contributed by atoms with Crippen LogP contribution in [0, 0.1) is 5.41 Å². The Morgan fingerprint density at radius 1 is 1.08 bits per heavy atom. The van der Waals surface area contributed by atoms with Crippen LogP contribution in [0.1, 0.15) is 35.7 Å². The van der Waals surface area contributed by atoms with Crippen molar-refractivity contribution in [2.24, 2.45) is 16.9 Å². The van der Waals surface area contributed by atoms with Crippen molar-refractivity contribution in [3.63, 3.8) is 0 Å². The van der Waals surface area contributed by atoms with Gasteiger partial charge in [-0.2, -0.15) is 0 Å².